The minimum absolute atomic E-state index is 0.0129. The molecule has 86 valence electrons. The molecule has 0 saturated carbocycles. The summed E-state index contributed by atoms with van der Waals surface area (Å²) in [7, 11) is 0. The Morgan fingerprint density at radius 3 is 3.12 bits per heavy atom. The van der Waals surface area contributed by atoms with Gasteiger partial charge >= 0.3 is 0 Å². The van der Waals surface area contributed by atoms with E-state index in [-0.39, 0.29) is 11.9 Å². The molecule has 0 amide bonds. The van der Waals surface area contributed by atoms with Gasteiger partial charge in [-0.1, -0.05) is 0 Å². The molecule has 0 fully saturated rings. The van der Waals surface area contributed by atoms with Gasteiger partial charge in [0.2, 0.25) is 0 Å². The van der Waals surface area contributed by atoms with Crippen molar-refractivity contribution in [3.63, 3.8) is 0 Å². The van der Waals surface area contributed by atoms with Crippen molar-refractivity contribution in [2.45, 2.75) is 19.4 Å². The lowest BCUT2D eigenvalue weighted by molar-refractivity contribution is 0.103. The topological polar surface area (TPSA) is 55.0 Å². The molecule has 4 nitrogen and oxygen atoms in total. The molecule has 1 aromatic heterocycles. The van der Waals surface area contributed by atoms with Gasteiger partial charge in [0.25, 0.3) is 0 Å². The van der Waals surface area contributed by atoms with Gasteiger partial charge in [0.1, 0.15) is 11.9 Å². The fourth-order valence-electron chi connectivity index (χ4n) is 2.11. The summed E-state index contributed by atoms with van der Waals surface area (Å²) in [4.78, 5) is 12.1. The molecule has 0 aliphatic carbocycles. The van der Waals surface area contributed by atoms with Gasteiger partial charge in [-0.3, -0.25) is 9.89 Å². The van der Waals surface area contributed by atoms with Crippen molar-refractivity contribution in [1.29, 1.82) is 0 Å². The summed E-state index contributed by atoms with van der Waals surface area (Å²) in [6.45, 7) is 2.03. The van der Waals surface area contributed by atoms with Crippen LogP contribution in [0.3, 0.4) is 0 Å². The maximum Gasteiger partial charge on any atom is 0.196 e. The van der Waals surface area contributed by atoms with Crippen molar-refractivity contribution in [3.8, 4) is 5.75 Å². The number of benzene rings is 1. The second-order valence-electron chi connectivity index (χ2n) is 4.27. The number of aromatic nitrogens is 2. The summed E-state index contributed by atoms with van der Waals surface area (Å²) in [6, 6.07) is 5.58. The highest BCUT2D eigenvalue weighted by Gasteiger charge is 2.20. The number of fused-ring (bicyclic) bond motifs is 1. The maximum atomic E-state index is 12.1. The van der Waals surface area contributed by atoms with Crippen molar-refractivity contribution in [2.75, 3.05) is 0 Å². The van der Waals surface area contributed by atoms with E-state index in [0.717, 1.165) is 17.7 Å². The van der Waals surface area contributed by atoms with Gasteiger partial charge in [-0.2, -0.15) is 5.10 Å². The third kappa shape index (κ3) is 1.71. The van der Waals surface area contributed by atoms with E-state index in [1.807, 2.05) is 19.1 Å². The number of hydrogen-bond acceptors (Lipinski definition) is 3. The third-order valence-electron chi connectivity index (χ3n) is 2.92. The Morgan fingerprint density at radius 2 is 2.35 bits per heavy atom. The lowest BCUT2D eigenvalue weighted by Gasteiger charge is -2.02. The van der Waals surface area contributed by atoms with Crippen LogP contribution in [-0.4, -0.2) is 22.1 Å². The Bertz CT molecular complexity index is 561. The summed E-state index contributed by atoms with van der Waals surface area (Å²) < 4.78 is 5.60. The van der Waals surface area contributed by atoms with Crippen LogP contribution in [0.2, 0.25) is 0 Å². The number of carbonyl (C=O) groups excluding carboxylic acids is 1. The molecule has 1 aromatic carbocycles. The van der Waals surface area contributed by atoms with Crippen LogP contribution in [0, 0.1) is 0 Å². The van der Waals surface area contributed by atoms with Gasteiger partial charge in [0, 0.05) is 18.2 Å². The molecular weight excluding hydrogens is 216 g/mol. The first-order valence-corrected chi connectivity index (χ1v) is 5.57. The SMILES string of the molecule is CC1Cc2cc(C(=O)c3cn[nH]c3)ccc2O1. The lowest BCUT2D eigenvalue weighted by atomic mass is 10.0. The van der Waals surface area contributed by atoms with Crippen LogP contribution < -0.4 is 4.74 Å². The maximum absolute atomic E-state index is 12.1. The predicted molar refractivity (Wildman–Crippen MR) is 62.3 cm³/mol. The standard InChI is InChI=1S/C13H12N2O2/c1-8-4-10-5-9(2-3-12(10)17-8)13(16)11-6-14-15-7-11/h2-3,5-8H,4H2,1H3,(H,14,15). The first-order chi connectivity index (χ1) is 8.24. The van der Waals surface area contributed by atoms with Crippen molar-refractivity contribution in [1.82, 2.24) is 10.2 Å². The smallest absolute Gasteiger partial charge is 0.196 e. The largest absolute Gasteiger partial charge is 0.490 e. The Morgan fingerprint density at radius 1 is 1.47 bits per heavy atom. The quantitative estimate of drug-likeness (QED) is 0.799. The summed E-state index contributed by atoms with van der Waals surface area (Å²) in [6.07, 6.45) is 4.20. The number of ketones is 1. The van der Waals surface area contributed by atoms with Crippen molar-refractivity contribution < 1.29 is 9.53 Å². The predicted octanol–water partition coefficient (Wildman–Crippen LogP) is 1.96. The van der Waals surface area contributed by atoms with Gasteiger partial charge in [-0.25, -0.2) is 0 Å². The molecule has 0 radical (unpaired) electrons. The highest BCUT2D eigenvalue weighted by atomic mass is 16.5. The summed E-state index contributed by atoms with van der Waals surface area (Å²) in [5.74, 6) is 0.877. The van der Waals surface area contributed by atoms with Crippen LogP contribution >= 0.6 is 0 Å². The van der Waals surface area contributed by atoms with E-state index >= 15 is 0 Å². The fourth-order valence-corrected chi connectivity index (χ4v) is 2.11. The first kappa shape index (κ1) is 10.1. The highest BCUT2D eigenvalue weighted by molar-refractivity contribution is 6.08. The Balaban J connectivity index is 1.96. The molecule has 2 aromatic rings. The molecule has 0 saturated heterocycles. The second-order valence-corrected chi connectivity index (χ2v) is 4.27. The minimum atomic E-state index is -0.0129. The van der Waals surface area contributed by atoms with Crippen molar-refractivity contribution in [2.24, 2.45) is 0 Å². The molecule has 0 bridgehead atoms. The summed E-state index contributed by atoms with van der Waals surface area (Å²) in [5, 5.41) is 6.43. The molecule has 1 aliphatic rings. The third-order valence-corrected chi connectivity index (χ3v) is 2.92. The summed E-state index contributed by atoms with van der Waals surface area (Å²) >= 11 is 0. The van der Waals surface area contributed by atoms with Gasteiger partial charge in [-0.15, -0.1) is 0 Å². The molecule has 17 heavy (non-hydrogen) atoms. The monoisotopic (exact) mass is 228 g/mol. The number of ether oxygens (including phenoxy) is 1. The zero-order valence-corrected chi connectivity index (χ0v) is 9.43. The lowest BCUT2D eigenvalue weighted by Crippen LogP contribution is -2.05. The van der Waals surface area contributed by atoms with Gasteiger partial charge in [-0.05, 0) is 30.7 Å². The number of aromatic amines is 1. The number of nitrogens with one attached hydrogen (secondary N) is 1. The molecule has 1 atom stereocenters. The molecule has 3 rings (SSSR count). The molecule has 0 spiro atoms. The summed E-state index contributed by atoms with van der Waals surface area (Å²) in [5.41, 5.74) is 2.37. The van der Waals surface area contributed by atoms with E-state index in [2.05, 4.69) is 10.2 Å². The van der Waals surface area contributed by atoms with Crippen molar-refractivity contribution in [3.05, 3.63) is 47.3 Å². The number of rotatable bonds is 2. The zero-order chi connectivity index (χ0) is 11.8. The van der Waals surface area contributed by atoms with Crippen LogP contribution in [0.1, 0.15) is 28.4 Å². The van der Waals surface area contributed by atoms with E-state index in [4.69, 9.17) is 4.74 Å². The van der Waals surface area contributed by atoms with E-state index in [1.54, 1.807) is 12.3 Å². The number of hydrogen-bond donors (Lipinski definition) is 1. The highest BCUT2D eigenvalue weighted by Crippen LogP contribution is 2.29. The van der Waals surface area contributed by atoms with E-state index in [0.29, 0.717) is 11.1 Å². The average Bonchev–Trinajstić information content (AvgIpc) is 2.94. The van der Waals surface area contributed by atoms with E-state index < -0.39 is 0 Å². The van der Waals surface area contributed by atoms with E-state index in [1.165, 1.54) is 6.20 Å². The number of H-pyrrole nitrogens is 1. The van der Waals surface area contributed by atoms with Crippen LogP contribution in [0.4, 0.5) is 0 Å². The zero-order valence-electron chi connectivity index (χ0n) is 9.43. The van der Waals surface area contributed by atoms with Crippen molar-refractivity contribution >= 4 is 5.78 Å². The molecule has 1 unspecified atom stereocenters. The second kappa shape index (κ2) is 3.73. The number of nitrogens with zero attached hydrogens (tertiary/aromatic N) is 1. The molecule has 1 aliphatic heterocycles. The Labute approximate surface area is 98.6 Å². The van der Waals surface area contributed by atoms with Gasteiger partial charge in [0.05, 0.1) is 11.8 Å². The first-order valence-electron chi connectivity index (χ1n) is 5.57. The number of carbonyl (C=O) groups is 1. The van der Waals surface area contributed by atoms with Crippen LogP contribution in [0.5, 0.6) is 5.75 Å². The normalized spacial score (nSPS) is 17.6. The Hall–Kier alpha value is -2.10. The van der Waals surface area contributed by atoms with Gasteiger partial charge in [0.15, 0.2) is 5.78 Å². The fraction of sp³-hybridized carbons (Fsp3) is 0.231. The minimum Gasteiger partial charge on any atom is -0.490 e. The van der Waals surface area contributed by atoms with Gasteiger partial charge < -0.3 is 4.74 Å². The molecule has 4 heteroatoms. The van der Waals surface area contributed by atoms with Crippen LogP contribution in [-0.2, 0) is 6.42 Å². The van der Waals surface area contributed by atoms with Crippen LogP contribution in [0.15, 0.2) is 30.6 Å². The van der Waals surface area contributed by atoms with E-state index in [9.17, 15) is 4.79 Å². The average molecular weight is 228 g/mol. The Kier molecular flexibility index (Phi) is 2.21. The van der Waals surface area contributed by atoms with Crippen LogP contribution in [0.25, 0.3) is 0 Å². The molecular formula is C13H12N2O2. The molecule has 1 N–H and O–H groups in total. The molecule has 2 heterocycles.